The molecule has 2 aliphatic heterocycles. The summed E-state index contributed by atoms with van der Waals surface area (Å²) in [6.07, 6.45) is 3.48. The summed E-state index contributed by atoms with van der Waals surface area (Å²) >= 11 is 0. The normalized spacial score (nSPS) is 18.6. The minimum absolute atomic E-state index is 0.0419. The zero-order chi connectivity index (χ0) is 22.3. The molecular formula is C28H34N2O2. The first-order valence-corrected chi connectivity index (χ1v) is 11.9. The van der Waals surface area contributed by atoms with Crippen LogP contribution in [0.5, 0.6) is 11.5 Å². The van der Waals surface area contributed by atoms with Gasteiger partial charge < -0.3 is 14.4 Å². The molecule has 0 spiro atoms. The average molecular weight is 431 g/mol. The van der Waals surface area contributed by atoms with E-state index in [4.69, 9.17) is 9.47 Å². The van der Waals surface area contributed by atoms with Gasteiger partial charge in [-0.05, 0) is 67.5 Å². The molecule has 2 aromatic carbocycles. The smallest absolute Gasteiger partial charge is 0.171 e. The molecule has 2 atom stereocenters. The molecule has 3 heterocycles. The lowest BCUT2D eigenvalue weighted by atomic mass is 9.74. The van der Waals surface area contributed by atoms with Crippen LogP contribution in [-0.4, -0.2) is 30.8 Å². The molecule has 1 unspecified atom stereocenters. The summed E-state index contributed by atoms with van der Waals surface area (Å²) < 4.78 is 12.9. The van der Waals surface area contributed by atoms with Gasteiger partial charge >= 0.3 is 0 Å². The largest absolute Gasteiger partial charge is 0.486 e. The van der Waals surface area contributed by atoms with Crippen LogP contribution >= 0.6 is 0 Å². The molecule has 0 saturated carbocycles. The molecule has 0 aliphatic carbocycles. The topological polar surface area (TPSA) is 34.6 Å². The van der Waals surface area contributed by atoms with Crippen LogP contribution in [0.4, 0.5) is 5.69 Å². The fourth-order valence-corrected chi connectivity index (χ4v) is 5.37. The van der Waals surface area contributed by atoms with Crippen molar-refractivity contribution in [3.05, 3.63) is 59.8 Å². The monoisotopic (exact) mass is 430 g/mol. The second-order valence-corrected chi connectivity index (χ2v) is 10.4. The Morgan fingerprint density at radius 1 is 1.09 bits per heavy atom. The fraction of sp³-hybridized carbons (Fsp3) is 0.464. The Morgan fingerprint density at radius 2 is 1.94 bits per heavy atom. The summed E-state index contributed by atoms with van der Waals surface area (Å²) in [7, 11) is 0. The van der Waals surface area contributed by atoms with Crippen LogP contribution in [0.1, 0.15) is 44.9 Å². The number of aromatic nitrogens is 1. The van der Waals surface area contributed by atoms with E-state index < -0.39 is 0 Å². The van der Waals surface area contributed by atoms with Gasteiger partial charge in [-0.2, -0.15) is 0 Å². The highest BCUT2D eigenvalue weighted by Gasteiger charge is 2.37. The van der Waals surface area contributed by atoms with E-state index in [9.17, 15) is 0 Å². The Balaban J connectivity index is 1.31. The van der Waals surface area contributed by atoms with Gasteiger partial charge in [-0.15, -0.1) is 0 Å². The quantitative estimate of drug-likeness (QED) is 0.483. The SMILES string of the molecule is Cc1ccc2c3c(ccc2n1)OC[C@H](C(CCCN1CCc2ccccc21)C(C)(C)C)O3. The number of benzene rings is 2. The van der Waals surface area contributed by atoms with Crippen molar-refractivity contribution in [2.45, 2.75) is 53.1 Å². The van der Waals surface area contributed by atoms with Crippen molar-refractivity contribution in [1.82, 2.24) is 4.98 Å². The van der Waals surface area contributed by atoms with Crippen molar-refractivity contribution >= 4 is 16.6 Å². The van der Waals surface area contributed by atoms with Crippen molar-refractivity contribution in [2.75, 3.05) is 24.6 Å². The molecule has 0 radical (unpaired) electrons. The molecule has 1 aromatic heterocycles. The van der Waals surface area contributed by atoms with Crippen molar-refractivity contribution in [3.8, 4) is 11.5 Å². The molecule has 4 heteroatoms. The summed E-state index contributed by atoms with van der Waals surface area (Å²) in [5.41, 5.74) is 5.01. The van der Waals surface area contributed by atoms with Crippen LogP contribution in [-0.2, 0) is 6.42 Å². The molecule has 2 aliphatic rings. The number of pyridine rings is 1. The molecule has 0 saturated heterocycles. The number of nitrogens with zero attached hydrogens (tertiary/aromatic N) is 2. The van der Waals surface area contributed by atoms with Crippen molar-refractivity contribution < 1.29 is 9.47 Å². The Morgan fingerprint density at radius 3 is 2.78 bits per heavy atom. The molecule has 32 heavy (non-hydrogen) atoms. The summed E-state index contributed by atoms with van der Waals surface area (Å²) in [4.78, 5) is 7.22. The van der Waals surface area contributed by atoms with Gasteiger partial charge in [0.2, 0.25) is 0 Å². The first-order valence-electron chi connectivity index (χ1n) is 11.9. The van der Waals surface area contributed by atoms with Gasteiger partial charge in [0.1, 0.15) is 12.7 Å². The number of rotatable bonds is 5. The van der Waals surface area contributed by atoms with Crippen LogP contribution in [0, 0.1) is 18.3 Å². The zero-order valence-electron chi connectivity index (χ0n) is 19.7. The molecule has 0 bridgehead atoms. The Labute approximate surface area is 191 Å². The number of aryl methyl sites for hydroxylation is 1. The van der Waals surface area contributed by atoms with E-state index in [1.165, 1.54) is 11.3 Å². The maximum atomic E-state index is 6.67. The number of hydrogen-bond acceptors (Lipinski definition) is 4. The van der Waals surface area contributed by atoms with Gasteiger partial charge in [0, 0.05) is 35.8 Å². The molecule has 3 aromatic rings. The third kappa shape index (κ3) is 4.03. The van der Waals surface area contributed by atoms with Gasteiger partial charge in [0.15, 0.2) is 11.5 Å². The van der Waals surface area contributed by atoms with E-state index in [0.29, 0.717) is 12.5 Å². The maximum absolute atomic E-state index is 6.67. The summed E-state index contributed by atoms with van der Waals surface area (Å²) in [6.45, 7) is 11.8. The summed E-state index contributed by atoms with van der Waals surface area (Å²) in [5.74, 6) is 2.09. The first-order chi connectivity index (χ1) is 15.4. The number of para-hydroxylation sites is 1. The molecule has 168 valence electrons. The van der Waals surface area contributed by atoms with Gasteiger partial charge in [-0.25, -0.2) is 0 Å². The third-order valence-electron chi connectivity index (χ3n) is 7.08. The molecular weight excluding hydrogens is 396 g/mol. The first kappa shape index (κ1) is 21.1. The Bertz CT molecular complexity index is 1120. The van der Waals surface area contributed by atoms with E-state index in [-0.39, 0.29) is 11.5 Å². The van der Waals surface area contributed by atoms with Crippen LogP contribution in [0.2, 0.25) is 0 Å². The van der Waals surface area contributed by atoms with Crippen molar-refractivity contribution in [2.24, 2.45) is 11.3 Å². The highest BCUT2D eigenvalue weighted by atomic mass is 16.6. The lowest BCUT2D eigenvalue weighted by Crippen LogP contribution is -2.42. The van der Waals surface area contributed by atoms with Crippen LogP contribution in [0.15, 0.2) is 48.5 Å². The lowest BCUT2D eigenvalue weighted by Gasteiger charge is -2.40. The van der Waals surface area contributed by atoms with Crippen LogP contribution < -0.4 is 14.4 Å². The number of ether oxygens (including phenoxy) is 2. The van der Waals surface area contributed by atoms with Gasteiger partial charge in [0.25, 0.3) is 0 Å². The van der Waals surface area contributed by atoms with Crippen LogP contribution in [0.25, 0.3) is 10.9 Å². The third-order valence-corrected chi connectivity index (χ3v) is 7.08. The summed E-state index contributed by atoms with van der Waals surface area (Å²) in [5, 5.41) is 1.04. The number of hydrogen-bond donors (Lipinski definition) is 0. The molecule has 5 rings (SSSR count). The van der Waals surface area contributed by atoms with Crippen LogP contribution in [0.3, 0.4) is 0 Å². The second kappa shape index (κ2) is 8.31. The van der Waals surface area contributed by atoms with E-state index >= 15 is 0 Å². The summed E-state index contributed by atoms with van der Waals surface area (Å²) in [6, 6.07) is 17.0. The molecule has 4 nitrogen and oxygen atoms in total. The van der Waals surface area contributed by atoms with Gasteiger partial charge in [0.05, 0.1) is 5.52 Å². The van der Waals surface area contributed by atoms with Gasteiger partial charge in [-0.1, -0.05) is 39.0 Å². The van der Waals surface area contributed by atoms with E-state index in [0.717, 1.165) is 60.4 Å². The lowest BCUT2D eigenvalue weighted by molar-refractivity contribution is 0.00209. The standard InChI is InChI=1S/C28H34N2O2/c1-19-11-12-21-23(29-19)13-14-25-27(21)32-26(18-31-25)22(28(2,3)4)9-7-16-30-17-15-20-8-5-6-10-24(20)30/h5-6,8,10-14,22,26H,7,9,15-18H2,1-4H3/t22?,26-/m1/s1. The Hall–Kier alpha value is -2.75. The van der Waals surface area contributed by atoms with Gasteiger partial charge in [-0.3, -0.25) is 4.98 Å². The van der Waals surface area contributed by atoms with Crippen molar-refractivity contribution in [1.29, 1.82) is 0 Å². The minimum atomic E-state index is 0.0419. The molecule has 0 fully saturated rings. The van der Waals surface area contributed by atoms with E-state index in [1.54, 1.807) is 0 Å². The van der Waals surface area contributed by atoms with E-state index in [1.807, 2.05) is 25.1 Å². The molecule has 0 amide bonds. The highest BCUT2D eigenvalue weighted by molar-refractivity contribution is 5.88. The Kier molecular flexibility index (Phi) is 5.48. The molecule has 0 N–H and O–H groups in total. The fourth-order valence-electron chi connectivity index (χ4n) is 5.37. The predicted molar refractivity (Wildman–Crippen MR) is 131 cm³/mol. The second-order valence-electron chi connectivity index (χ2n) is 10.4. The zero-order valence-corrected chi connectivity index (χ0v) is 19.7. The predicted octanol–water partition coefficient (Wildman–Crippen LogP) is 6.19. The number of fused-ring (bicyclic) bond motifs is 4. The highest BCUT2D eigenvalue weighted by Crippen LogP contribution is 2.43. The minimum Gasteiger partial charge on any atom is -0.486 e. The maximum Gasteiger partial charge on any atom is 0.171 e. The number of anilines is 1. The average Bonchev–Trinajstić information content (AvgIpc) is 3.18. The van der Waals surface area contributed by atoms with E-state index in [2.05, 4.69) is 61.0 Å². The van der Waals surface area contributed by atoms with Crippen molar-refractivity contribution in [3.63, 3.8) is 0 Å².